The smallest absolute Gasteiger partial charge is 0.357 e. The van der Waals surface area contributed by atoms with Gasteiger partial charge in [-0.1, -0.05) is 37.6 Å². The lowest BCUT2D eigenvalue weighted by Gasteiger charge is -2.33. The van der Waals surface area contributed by atoms with Crippen molar-refractivity contribution < 1.29 is 18.0 Å². The van der Waals surface area contributed by atoms with E-state index in [1.807, 2.05) is 29.2 Å². The molecule has 0 spiro atoms. The van der Waals surface area contributed by atoms with Crippen LogP contribution in [0.4, 0.5) is 18.9 Å². The maximum absolute atomic E-state index is 13.4. The van der Waals surface area contributed by atoms with Gasteiger partial charge in [0.25, 0.3) is 0 Å². The SMILES string of the molecule is CCCCc1ccc(C(=O)C2NC3CC2N2CN(c4ccc(C#N)c(C(F)(F)F)c4)CC32)cc1. The van der Waals surface area contributed by atoms with Gasteiger partial charge in [0.15, 0.2) is 5.78 Å². The molecule has 3 heterocycles. The zero-order chi connectivity index (χ0) is 24.0. The van der Waals surface area contributed by atoms with Crippen LogP contribution in [0.5, 0.6) is 0 Å². The Balaban J connectivity index is 1.30. The van der Waals surface area contributed by atoms with Crippen molar-refractivity contribution in [1.82, 2.24) is 10.2 Å². The van der Waals surface area contributed by atoms with Crippen molar-refractivity contribution >= 4 is 11.5 Å². The summed E-state index contributed by atoms with van der Waals surface area (Å²) < 4.78 is 40.3. The number of aryl methyl sites for hydroxylation is 1. The summed E-state index contributed by atoms with van der Waals surface area (Å²) in [5.41, 5.74) is 1.10. The number of nitrogens with zero attached hydrogens (tertiary/aromatic N) is 3. The molecule has 2 aromatic carbocycles. The molecule has 2 bridgehead atoms. The Morgan fingerprint density at radius 1 is 1.18 bits per heavy atom. The fraction of sp³-hybridized carbons (Fsp3) is 0.462. The number of hydrogen-bond donors (Lipinski definition) is 1. The number of nitrogens with one attached hydrogen (secondary N) is 1. The molecule has 8 heteroatoms. The molecule has 0 radical (unpaired) electrons. The molecule has 3 aliphatic heterocycles. The minimum Gasteiger partial charge on any atom is -0.357 e. The first kappa shape index (κ1) is 22.9. The number of fused-ring (bicyclic) bond motifs is 5. The molecule has 4 atom stereocenters. The van der Waals surface area contributed by atoms with Crippen LogP contribution in [0.3, 0.4) is 0 Å². The molecule has 2 aromatic rings. The number of alkyl halides is 3. The van der Waals surface area contributed by atoms with Crippen LogP contribution in [-0.2, 0) is 12.6 Å². The molecule has 5 rings (SSSR count). The van der Waals surface area contributed by atoms with Crippen molar-refractivity contribution in [3.63, 3.8) is 0 Å². The van der Waals surface area contributed by atoms with Gasteiger partial charge in [-0.25, -0.2) is 0 Å². The van der Waals surface area contributed by atoms with Gasteiger partial charge in [0.05, 0.1) is 29.9 Å². The van der Waals surface area contributed by atoms with Crippen LogP contribution in [0, 0.1) is 11.3 Å². The predicted molar refractivity (Wildman–Crippen MR) is 123 cm³/mol. The Bertz CT molecular complexity index is 1120. The highest BCUT2D eigenvalue weighted by Gasteiger charge is 2.56. The van der Waals surface area contributed by atoms with E-state index in [0.29, 0.717) is 24.5 Å². The second-order valence-corrected chi connectivity index (χ2v) is 9.50. The van der Waals surface area contributed by atoms with Crippen molar-refractivity contribution in [1.29, 1.82) is 5.26 Å². The molecule has 34 heavy (non-hydrogen) atoms. The molecule has 3 saturated heterocycles. The molecule has 0 saturated carbocycles. The molecular weight excluding hydrogens is 441 g/mol. The highest BCUT2D eigenvalue weighted by atomic mass is 19.4. The van der Waals surface area contributed by atoms with E-state index >= 15 is 0 Å². The quantitative estimate of drug-likeness (QED) is 0.639. The number of carbonyl (C=O) groups is 1. The van der Waals surface area contributed by atoms with Crippen LogP contribution in [0.2, 0.25) is 0 Å². The Morgan fingerprint density at radius 2 is 1.94 bits per heavy atom. The first-order valence-electron chi connectivity index (χ1n) is 11.8. The molecular formula is C26H27F3N4O. The van der Waals surface area contributed by atoms with E-state index in [4.69, 9.17) is 5.26 Å². The Labute approximate surface area is 197 Å². The van der Waals surface area contributed by atoms with Crippen LogP contribution in [0.1, 0.15) is 53.2 Å². The number of hydrogen-bond acceptors (Lipinski definition) is 5. The number of unbranched alkanes of at least 4 members (excludes halogenated alkanes) is 1. The van der Waals surface area contributed by atoms with Gasteiger partial charge in [-0.2, -0.15) is 18.4 Å². The number of rotatable bonds is 6. The lowest BCUT2D eigenvalue weighted by atomic mass is 9.97. The third-order valence-corrected chi connectivity index (χ3v) is 7.47. The highest BCUT2D eigenvalue weighted by Crippen LogP contribution is 2.41. The maximum atomic E-state index is 13.4. The molecule has 3 fully saturated rings. The highest BCUT2D eigenvalue weighted by molar-refractivity contribution is 6.01. The summed E-state index contributed by atoms with van der Waals surface area (Å²) >= 11 is 0. The standard InChI is InChI=1S/C26H27F3N4O/c1-2-3-4-16-5-7-17(8-6-16)25(34)24-22-12-21(31-24)23-14-32(15-33(22)23)19-10-9-18(13-30)20(11-19)26(27,28)29/h5-11,21-24,31H,2-4,12,14-15H2,1H3. The lowest BCUT2D eigenvalue weighted by Crippen LogP contribution is -2.57. The second-order valence-electron chi connectivity index (χ2n) is 9.50. The van der Waals surface area contributed by atoms with Crippen LogP contribution in [0.15, 0.2) is 42.5 Å². The van der Waals surface area contributed by atoms with E-state index in [2.05, 4.69) is 17.1 Å². The minimum absolute atomic E-state index is 0.0211. The average Bonchev–Trinajstić information content (AvgIpc) is 3.54. The summed E-state index contributed by atoms with van der Waals surface area (Å²) in [5.74, 6) is 0.0733. The fourth-order valence-corrected chi connectivity index (χ4v) is 5.70. The van der Waals surface area contributed by atoms with Crippen LogP contribution in [0.25, 0.3) is 0 Å². The Kier molecular flexibility index (Phi) is 5.86. The third-order valence-electron chi connectivity index (χ3n) is 7.47. The summed E-state index contributed by atoms with van der Waals surface area (Å²) in [5, 5.41) is 12.6. The zero-order valence-corrected chi connectivity index (χ0v) is 19.0. The normalized spacial score (nSPS) is 26.0. The summed E-state index contributed by atoms with van der Waals surface area (Å²) in [6.07, 6.45) is -0.457. The minimum atomic E-state index is -4.58. The largest absolute Gasteiger partial charge is 0.417 e. The number of nitriles is 1. The van der Waals surface area contributed by atoms with Gasteiger partial charge in [-0.15, -0.1) is 0 Å². The van der Waals surface area contributed by atoms with Crippen LogP contribution < -0.4 is 10.2 Å². The van der Waals surface area contributed by atoms with Gasteiger partial charge in [0.2, 0.25) is 0 Å². The number of carbonyl (C=O) groups excluding carboxylic acids is 1. The van der Waals surface area contributed by atoms with E-state index in [1.54, 1.807) is 12.1 Å². The monoisotopic (exact) mass is 468 g/mol. The molecule has 1 N–H and O–H groups in total. The number of ketones is 1. The molecule has 5 nitrogen and oxygen atoms in total. The number of halogens is 3. The van der Waals surface area contributed by atoms with Crippen molar-refractivity contribution in [2.75, 3.05) is 18.1 Å². The van der Waals surface area contributed by atoms with Crippen LogP contribution in [-0.4, -0.2) is 48.1 Å². The van der Waals surface area contributed by atoms with E-state index in [0.717, 1.165) is 31.7 Å². The molecule has 4 unspecified atom stereocenters. The van der Waals surface area contributed by atoms with E-state index < -0.39 is 11.7 Å². The van der Waals surface area contributed by atoms with Crippen LogP contribution >= 0.6 is 0 Å². The fourth-order valence-electron chi connectivity index (χ4n) is 5.70. The van der Waals surface area contributed by atoms with Gasteiger partial charge in [-0.05, 0) is 43.0 Å². The van der Waals surface area contributed by atoms with Crippen molar-refractivity contribution in [3.05, 3.63) is 64.7 Å². The van der Waals surface area contributed by atoms with Gasteiger partial charge < -0.3 is 10.2 Å². The summed E-state index contributed by atoms with van der Waals surface area (Å²) in [7, 11) is 0. The lowest BCUT2D eigenvalue weighted by molar-refractivity contribution is -0.137. The molecule has 0 aliphatic carbocycles. The van der Waals surface area contributed by atoms with Gasteiger partial charge in [0.1, 0.15) is 0 Å². The van der Waals surface area contributed by atoms with E-state index in [1.165, 1.54) is 11.6 Å². The summed E-state index contributed by atoms with van der Waals surface area (Å²) in [6, 6.07) is 13.4. The van der Waals surface area contributed by atoms with E-state index in [-0.39, 0.29) is 35.5 Å². The molecule has 178 valence electrons. The third kappa shape index (κ3) is 3.97. The van der Waals surface area contributed by atoms with Gasteiger partial charge >= 0.3 is 6.18 Å². The Morgan fingerprint density at radius 3 is 2.62 bits per heavy atom. The first-order chi connectivity index (χ1) is 16.3. The second kappa shape index (κ2) is 8.71. The zero-order valence-electron chi connectivity index (χ0n) is 19.0. The van der Waals surface area contributed by atoms with Crippen molar-refractivity contribution in [3.8, 4) is 6.07 Å². The Hall–Kier alpha value is -2.89. The molecule has 0 aromatic heterocycles. The maximum Gasteiger partial charge on any atom is 0.417 e. The number of anilines is 1. The number of Topliss-reactive ketones (excluding diaryl/α,β-unsaturated/α-hetero) is 1. The number of piperazine rings is 1. The molecule has 3 aliphatic rings. The predicted octanol–water partition coefficient (Wildman–Crippen LogP) is 4.36. The first-order valence-corrected chi connectivity index (χ1v) is 11.8. The number of benzene rings is 2. The topological polar surface area (TPSA) is 59.4 Å². The summed E-state index contributed by atoms with van der Waals surface area (Å²) in [4.78, 5) is 17.4. The van der Waals surface area contributed by atoms with Crippen molar-refractivity contribution in [2.24, 2.45) is 0 Å². The summed E-state index contributed by atoms with van der Waals surface area (Å²) in [6.45, 7) is 3.21. The van der Waals surface area contributed by atoms with Gasteiger partial charge in [0, 0.05) is 35.9 Å². The molecule has 0 amide bonds. The van der Waals surface area contributed by atoms with Crippen molar-refractivity contribution in [2.45, 2.75) is 63.0 Å². The van der Waals surface area contributed by atoms with E-state index in [9.17, 15) is 18.0 Å². The van der Waals surface area contributed by atoms with Gasteiger partial charge in [-0.3, -0.25) is 9.69 Å². The average molecular weight is 469 g/mol.